The minimum atomic E-state index is -3.12. The van der Waals surface area contributed by atoms with E-state index in [1.165, 1.54) is 0 Å². The van der Waals surface area contributed by atoms with Gasteiger partial charge >= 0.3 is 0 Å². The van der Waals surface area contributed by atoms with E-state index >= 15 is 0 Å². The Morgan fingerprint density at radius 1 is 1.28 bits per heavy atom. The van der Waals surface area contributed by atoms with E-state index in [0.29, 0.717) is 19.7 Å². The number of unbranched alkanes of at least 4 members (excludes halogenated alkanes) is 1. The normalized spacial score (nSPS) is 18.1. The average Bonchev–Trinajstić information content (AvgIpc) is 2.38. The molecule has 2 N–H and O–H groups in total. The number of nitrogens with one attached hydrogen (secondary N) is 2. The molecule has 1 rings (SSSR count). The summed E-state index contributed by atoms with van der Waals surface area (Å²) in [5.74, 6) is 0.192. The van der Waals surface area contributed by atoms with Crippen molar-refractivity contribution in [2.45, 2.75) is 12.8 Å². The van der Waals surface area contributed by atoms with Crippen LogP contribution in [-0.4, -0.2) is 72.1 Å². The second kappa shape index (κ2) is 8.82. The Labute approximate surface area is 110 Å². The molecule has 1 saturated heterocycles. The highest BCUT2D eigenvalue weighted by Gasteiger charge is 2.14. The lowest BCUT2D eigenvalue weighted by molar-refractivity contribution is 0.193. The van der Waals surface area contributed by atoms with Crippen LogP contribution in [0.1, 0.15) is 12.8 Å². The van der Waals surface area contributed by atoms with Crippen molar-refractivity contribution in [3.63, 3.8) is 0 Å². The second-order valence-corrected chi connectivity index (χ2v) is 6.43. The lowest BCUT2D eigenvalue weighted by Crippen LogP contribution is -2.46. The predicted octanol–water partition coefficient (Wildman–Crippen LogP) is -0.762. The van der Waals surface area contributed by atoms with Gasteiger partial charge in [0.05, 0.1) is 5.75 Å². The van der Waals surface area contributed by atoms with Crippen LogP contribution in [0, 0.1) is 0 Å². The maximum Gasteiger partial charge on any atom is 0.212 e. The van der Waals surface area contributed by atoms with Crippen LogP contribution in [0.5, 0.6) is 0 Å². The van der Waals surface area contributed by atoms with Crippen molar-refractivity contribution in [1.82, 2.24) is 14.9 Å². The number of nitrogens with zero attached hydrogens (tertiary/aromatic N) is 1. The Morgan fingerprint density at radius 2 is 2.00 bits per heavy atom. The minimum absolute atomic E-state index is 0.192. The molecule has 0 aliphatic carbocycles. The minimum Gasteiger partial charge on any atom is -0.385 e. The molecular formula is C11H25N3O3S. The maximum absolute atomic E-state index is 11.7. The summed E-state index contributed by atoms with van der Waals surface area (Å²) < 4.78 is 31.0. The fourth-order valence-corrected chi connectivity index (χ4v) is 2.95. The molecule has 1 aliphatic rings. The third kappa shape index (κ3) is 7.27. The van der Waals surface area contributed by atoms with Crippen molar-refractivity contribution >= 4 is 10.0 Å². The highest BCUT2D eigenvalue weighted by atomic mass is 32.2. The molecule has 0 aromatic carbocycles. The van der Waals surface area contributed by atoms with Crippen LogP contribution in [0.25, 0.3) is 0 Å². The first-order valence-electron chi connectivity index (χ1n) is 6.53. The second-order valence-electron chi connectivity index (χ2n) is 4.50. The van der Waals surface area contributed by atoms with Crippen LogP contribution in [0.4, 0.5) is 0 Å². The van der Waals surface area contributed by atoms with Gasteiger partial charge in [-0.05, 0) is 12.8 Å². The molecule has 7 heteroatoms. The molecule has 0 atom stereocenters. The average molecular weight is 279 g/mol. The smallest absolute Gasteiger partial charge is 0.212 e. The van der Waals surface area contributed by atoms with E-state index in [0.717, 1.165) is 39.0 Å². The van der Waals surface area contributed by atoms with Gasteiger partial charge in [0.25, 0.3) is 0 Å². The van der Waals surface area contributed by atoms with Crippen molar-refractivity contribution in [3.05, 3.63) is 0 Å². The number of sulfonamides is 1. The molecule has 0 saturated carbocycles. The first kappa shape index (κ1) is 15.8. The zero-order valence-corrected chi connectivity index (χ0v) is 12.0. The monoisotopic (exact) mass is 279 g/mol. The Hall–Kier alpha value is -0.210. The first-order chi connectivity index (χ1) is 8.64. The summed E-state index contributed by atoms with van der Waals surface area (Å²) in [6.07, 6.45) is 1.71. The van der Waals surface area contributed by atoms with E-state index in [9.17, 15) is 8.42 Å². The van der Waals surface area contributed by atoms with Crippen LogP contribution >= 0.6 is 0 Å². The van der Waals surface area contributed by atoms with Crippen LogP contribution < -0.4 is 10.0 Å². The van der Waals surface area contributed by atoms with Gasteiger partial charge in [-0.2, -0.15) is 0 Å². The van der Waals surface area contributed by atoms with Gasteiger partial charge < -0.3 is 10.1 Å². The van der Waals surface area contributed by atoms with Crippen LogP contribution in [0.15, 0.2) is 0 Å². The van der Waals surface area contributed by atoms with Gasteiger partial charge in [-0.25, -0.2) is 13.1 Å². The van der Waals surface area contributed by atoms with Gasteiger partial charge in [0.2, 0.25) is 10.0 Å². The number of hydrogen-bond acceptors (Lipinski definition) is 5. The molecule has 0 bridgehead atoms. The third-order valence-corrected chi connectivity index (χ3v) is 4.35. The molecule has 0 spiro atoms. The van der Waals surface area contributed by atoms with Gasteiger partial charge in [0.15, 0.2) is 0 Å². The quantitative estimate of drug-likeness (QED) is 0.543. The Kier molecular flexibility index (Phi) is 7.76. The lowest BCUT2D eigenvalue weighted by Gasteiger charge is -2.26. The Bertz CT molecular complexity index is 303. The fraction of sp³-hybridized carbons (Fsp3) is 1.00. The number of piperazine rings is 1. The summed E-state index contributed by atoms with van der Waals surface area (Å²) in [5, 5.41) is 3.25. The molecule has 108 valence electrons. The van der Waals surface area contributed by atoms with Crippen LogP contribution in [-0.2, 0) is 14.8 Å². The third-order valence-electron chi connectivity index (χ3n) is 2.98. The van der Waals surface area contributed by atoms with Crippen molar-refractivity contribution in [2.24, 2.45) is 0 Å². The Morgan fingerprint density at radius 3 is 2.67 bits per heavy atom. The zero-order valence-electron chi connectivity index (χ0n) is 11.2. The molecule has 0 aromatic rings. The molecule has 0 radical (unpaired) electrons. The summed E-state index contributed by atoms with van der Waals surface area (Å²) in [6.45, 7) is 5.58. The summed E-state index contributed by atoms with van der Waals surface area (Å²) in [4.78, 5) is 2.18. The van der Waals surface area contributed by atoms with E-state index in [4.69, 9.17) is 4.74 Å². The van der Waals surface area contributed by atoms with Gasteiger partial charge in [-0.15, -0.1) is 0 Å². The highest BCUT2D eigenvalue weighted by molar-refractivity contribution is 7.89. The molecule has 18 heavy (non-hydrogen) atoms. The van der Waals surface area contributed by atoms with Crippen LogP contribution in [0.3, 0.4) is 0 Å². The Balaban J connectivity index is 2.10. The molecule has 0 amide bonds. The summed E-state index contributed by atoms with van der Waals surface area (Å²) in [5.41, 5.74) is 0. The van der Waals surface area contributed by atoms with Crippen LogP contribution in [0.2, 0.25) is 0 Å². The van der Waals surface area contributed by atoms with E-state index in [1.807, 2.05) is 0 Å². The standard InChI is InChI=1S/C11H25N3O3S/c1-17-10-3-2-4-13-18(15,16)11-9-14-7-5-12-6-8-14/h12-13H,2-11H2,1H3. The summed E-state index contributed by atoms with van der Waals surface area (Å²) >= 11 is 0. The lowest BCUT2D eigenvalue weighted by atomic mass is 10.3. The van der Waals surface area contributed by atoms with Gasteiger partial charge in [-0.1, -0.05) is 0 Å². The van der Waals surface area contributed by atoms with E-state index in [-0.39, 0.29) is 5.75 Å². The number of hydrogen-bond donors (Lipinski definition) is 2. The van der Waals surface area contributed by atoms with Crippen molar-refractivity contribution < 1.29 is 13.2 Å². The molecule has 0 unspecified atom stereocenters. The van der Waals surface area contributed by atoms with Gasteiger partial charge in [0, 0.05) is 53.0 Å². The molecule has 0 aromatic heterocycles. The summed E-state index contributed by atoms with van der Waals surface area (Å²) in [6, 6.07) is 0. The largest absolute Gasteiger partial charge is 0.385 e. The fourth-order valence-electron chi connectivity index (χ4n) is 1.86. The van der Waals surface area contributed by atoms with Crippen molar-refractivity contribution in [1.29, 1.82) is 0 Å². The SMILES string of the molecule is COCCCCNS(=O)(=O)CCN1CCNCC1. The molecule has 1 aliphatic heterocycles. The molecular weight excluding hydrogens is 254 g/mol. The van der Waals surface area contributed by atoms with Gasteiger partial charge in [0.1, 0.15) is 0 Å². The number of ether oxygens (including phenoxy) is 1. The van der Waals surface area contributed by atoms with Gasteiger partial charge in [-0.3, -0.25) is 4.90 Å². The number of methoxy groups -OCH3 is 1. The molecule has 1 fully saturated rings. The van der Waals surface area contributed by atoms with E-state index in [2.05, 4.69) is 14.9 Å². The molecule has 1 heterocycles. The summed E-state index contributed by atoms with van der Waals surface area (Å²) in [7, 11) is -1.47. The maximum atomic E-state index is 11.7. The molecule has 6 nitrogen and oxygen atoms in total. The topological polar surface area (TPSA) is 70.7 Å². The van der Waals surface area contributed by atoms with E-state index in [1.54, 1.807) is 7.11 Å². The van der Waals surface area contributed by atoms with Crippen molar-refractivity contribution in [2.75, 3.05) is 58.7 Å². The zero-order chi connectivity index (χ0) is 13.3. The predicted molar refractivity (Wildman–Crippen MR) is 72.2 cm³/mol. The first-order valence-corrected chi connectivity index (χ1v) is 8.18. The highest BCUT2D eigenvalue weighted by Crippen LogP contribution is 1.95. The number of rotatable bonds is 9. The van der Waals surface area contributed by atoms with E-state index < -0.39 is 10.0 Å². The van der Waals surface area contributed by atoms with Crippen molar-refractivity contribution in [3.8, 4) is 0 Å².